The first-order chi connectivity index (χ1) is 12.5. The molecule has 1 aromatic heterocycles. The number of nitrogens with one attached hydrogen (secondary N) is 1. The van der Waals surface area contributed by atoms with Gasteiger partial charge < -0.3 is 10.2 Å². The number of benzene rings is 2. The van der Waals surface area contributed by atoms with E-state index in [2.05, 4.69) is 15.5 Å². The van der Waals surface area contributed by atoms with Gasteiger partial charge in [-0.1, -0.05) is 48.0 Å². The minimum Gasteiger partial charge on any atom is -0.338 e. The van der Waals surface area contributed by atoms with E-state index in [4.69, 9.17) is 11.6 Å². The Labute approximate surface area is 157 Å². The van der Waals surface area contributed by atoms with Crippen LogP contribution in [-0.4, -0.2) is 28.1 Å². The van der Waals surface area contributed by atoms with E-state index in [1.54, 1.807) is 24.1 Å². The van der Waals surface area contributed by atoms with Gasteiger partial charge in [-0.15, -0.1) is 10.2 Å². The lowest BCUT2D eigenvalue weighted by Gasteiger charge is -2.16. The lowest BCUT2D eigenvalue weighted by atomic mass is 10.2. The topological polar surface area (TPSA) is 58.1 Å². The lowest BCUT2D eigenvalue weighted by Crippen LogP contribution is -2.27. The third-order valence-electron chi connectivity index (χ3n) is 3.96. The van der Waals surface area contributed by atoms with E-state index in [1.807, 2.05) is 55.5 Å². The molecule has 0 saturated heterocycles. The minimum atomic E-state index is -0.174. The number of hydrogen-bond donors (Lipinski definition) is 1. The Balaban J connectivity index is 1.68. The third kappa shape index (κ3) is 4.37. The standard InChI is InChI=1S/C20H19ClN4O/c1-14-8-9-16(21)12-18(14)22-19-11-10-17(23-24-19)20(26)25(2)13-15-6-4-3-5-7-15/h3-12H,13H2,1-2H3,(H,22,24). The zero-order chi connectivity index (χ0) is 18.5. The summed E-state index contributed by atoms with van der Waals surface area (Å²) < 4.78 is 0. The van der Waals surface area contributed by atoms with Gasteiger partial charge in [-0.3, -0.25) is 4.79 Å². The molecule has 1 heterocycles. The molecule has 3 aromatic rings. The molecular weight excluding hydrogens is 348 g/mol. The number of aryl methyl sites for hydroxylation is 1. The zero-order valence-electron chi connectivity index (χ0n) is 14.6. The van der Waals surface area contributed by atoms with Crippen LogP contribution in [0.25, 0.3) is 0 Å². The maximum atomic E-state index is 12.5. The van der Waals surface area contributed by atoms with Gasteiger partial charge in [-0.05, 0) is 42.3 Å². The molecule has 0 spiro atoms. The third-order valence-corrected chi connectivity index (χ3v) is 4.19. The maximum Gasteiger partial charge on any atom is 0.274 e. The van der Waals surface area contributed by atoms with Crippen molar-refractivity contribution < 1.29 is 4.79 Å². The van der Waals surface area contributed by atoms with Crippen LogP contribution >= 0.6 is 11.6 Å². The van der Waals surface area contributed by atoms with Crippen molar-refractivity contribution in [3.8, 4) is 0 Å². The van der Waals surface area contributed by atoms with Gasteiger partial charge in [0.2, 0.25) is 0 Å². The molecule has 0 saturated carbocycles. The molecule has 1 amide bonds. The first-order valence-electron chi connectivity index (χ1n) is 8.19. The minimum absolute atomic E-state index is 0.174. The summed E-state index contributed by atoms with van der Waals surface area (Å²) >= 11 is 6.02. The number of anilines is 2. The summed E-state index contributed by atoms with van der Waals surface area (Å²) in [5, 5.41) is 12.0. The van der Waals surface area contributed by atoms with Crippen molar-refractivity contribution in [1.82, 2.24) is 15.1 Å². The quantitative estimate of drug-likeness (QED) is 0.724. The first-order valence-corrected chi connectivity index (χ1v) is 8.57. The Hall–Kier alpha value is -2.92. The first kappa shape index (κ1) is 17.9. The Morgan fingerprint density at radius 3 is 2.54 bits per heavy atom. The highest BCUT2D eigenvalue weighted by atomic mass is 35.5. The smallest absolute Gasteiger partial charge is 0.274 e. The number of carbonyl (C=O) groups excluding carboxylic acids is 1. The van der Waals surface area contributed by atoms with E-state index in [0.29, 0.717) is 23.1 Å². The van der Waals surface area contributed by atoms with Crippen LogP contribution in [0.3, 0.4) is 0 Å². The predicted octanol–water partition coefficient (Wildman–Crippen LogP) is 4.45. The van der Waals surface area contributed by atoms with E-state index in [-0.39, 0.29) is 5.91 Å². The normalized spacial score (nSPS) is 10.4. The fourth-order valence-corrected chi connectivity index (χ4v) is 2.68. The molecule has 1 N–H and O–H groups in total. The summed E-state index contributed by atoms with van der Waals surface area (Å²) in [4.78, 5) is 14.1. The molecule has 0 bridgehead atoms. The van der Waals surface area contributed by atoms with E-state index >= 15 is 0 Å². The largest absolute Gasteiger partial charge is 0.338 e. The van der Waals surface area contributed by atoms with Crippen LogP contribution in [0.5, 0.6) is 0 Å². The average Bonchev–Trinajstić information content (AvgIpc) is 2.65. The fourth-order valence-electron chi connectivity index (χ4n) is 2.50. The van der Waals surface area contributed by atoms with Crippen LogP contribution in [0.15, 0.2) is 60.7 Å². The molecular formula is C20H19ClN4O. The maximum absolute atomic E-state index is 12.5. The number of aromatic nitrogens is 2. The van der Waals surface area contributed by atoms with Gasteiger partial charge in [0, 0.05) is 24.3 Å². The van der Waals surface area contributed by atoms with Gasteiger partial charge in [0.15, 0.2) is 11.5 Å². The van der Waals surface area contributed by atoms with E-state index < -0.39 is 0 Å². The van der Waals surface area contributed by atoms with E-state index in [9.17, 15) is 4.79 Å². The molecule has 3 rings (SSSR count). The number of amides is 1. The molecule has 0 atom stereocenters. The molecule has 6 heteroatoms. The van der Waals surface area contributed by atoms with Crippen LogP contribution in [0.4, 0.5) is 11.5 Å². The van der Waals surface area contributed by atoms with Crippen LogP contribution < -0.4 is 5.32 Å². The van der Waals surface area contributed by atoms with Crippen molar-refractivity contribution in [2.45, 2.75) is 13.5 Å². The molecule has 0 fully saturated rings. The van der Waals surface area contributed by atoms with Gasteiger partial charge in [0.05, 0.1) is 0 Å². The fraction of sp³-hybridized carbons (Fsp3) is 0.150. The van der Waals surface area contributed by atoms with Crippen molar-refractivity contribution >= 4 is 29.0 Å². The van der Waals surface area contributed by atoms with Crippen molar-refractivity contribution in [3.63, 3.8) is 0 Å². The Morgan fingerprint density at radius 1 is 1.08 bits per heavy atom. The molecule has 26 heavy (non-hydrogen) atoms. The summed E-state index contributed by atoms with van der Waals surface area (Å²) in [6.45, 7) is 2.49. The van der Waals surface area contributed by atoms with Crippen LogP contribution in [0, 0.1) is 6.92 Å². The second-order valence-corrected chi connectivity index (χ2v) is 6.47. The van der Waals surface area contributed by atoms with Crippen LogP contribution in [0.2, 0.25) is 5.02 Å². The summed E-state index contributed by atoms with van der Waals surface area (Å²) in [6.07, 6.45) is 0. The Bertz CT molecular complexity index is 897. The number of hydrogen-bond acceptors (Lipinski definition) is 4. The van der Waals surface area contributed by atoms with Gasteiger partial charge in [-0.25, -0.2) is 0 Å². The molecule has 0 aliphatic rings. The Kier molecular flexibility index (Phi) is 5.49. The molecule has 132 valence electrons. The number of halogens is 1. The molecule has 0 aliphatic carbocycles. The number of nitrogens with zero attached hydrogens (tertiary/aromatic N) is 3. The number of carbonyl (C=O) groups is 1. The average molecular weight is 367 g/mol. The highest BCUT2D eigenvalue weighted by Crippen LogP contribution is 2.23. The molecule has 2 aromatic carbocycles. The van der Waals surface area contributed by atoms with E-state index in [1.165, 1.54) is 0 Å². The van der Waals surface area contributed by atoms with Crippen molar-refractivity contribution in [2.75, 3.05) is 12.4 Å². The SMILES string of the molecule is Cc1ccc(Cl)cc1Nc1ccc(C(=O)N(C)Cc2ccccc2)nn1. The second-order valence-electron chi connectivity index (χ2n) is 6.03. The van der Waals surface area contributed by atoms with Gasteiger partial charge in [0.25, 0.3) is 5.91 Å². The van der Waals surface area contributed by atoms with E-state index in [0.717, 1.165) is 16.8 Å². The molecule has 5 nitrogen and oxygen atoms in total. The summed E-state index contributed by atoms with van der Waals surface area (Å²) in [6, 6.07) is 18.8. The van der Waals surface area contributed by atoms with Crippen LogP contribution in [-0.2, 0) is 6.54 Å². The predicted molar refractivity (Wildman–Crippen MR) is 104 cm³/mol. The van der Waals surface area contributed by atoms with Crippen molar-refractivity contribution in [2.24, 2.45) is 0 Å². The zero-order valence-corrected chi connectivity index (χ0v) is 15.4. The second kappa shape index (κ2) is 7.97. The summed E-state index contributed by atoms with van der Waals surface area (Å²) in [7, 11) is 1.75. The lowest BCUT2D eigenvalue weighted by molar-refractivity contribution is 0.0778. The van der Waals surface area contributed by atoms with Gasteiger partial charge in [-0.2, -0.15) is 0 Å². The molecule has 0 unspecified atom stereocenters. The highest BCUT2D eigenvalue weighted by Gasteiger charge is 2.14. The monoisotopic (exact) mass is 366 g/mol. The number of rotatable bonds is 5. The summed E-state index contributed by atoms with van der Waals surface area (Å²) in [5.41, 5.74) is 3.26. The van der Waals surface area contributed by atoms with Crippen molar-refractivity contribution in [3.05, 3.63) is 82.5 Å². The van der Waals surface area contributed by atoms with Gasteiger partial charge >= 0.3 is 0 Å². The highest BCUT2D eigenvalue weighted by molar-refractivity contribution is 6.30. The summed E-state index contributed by atoms with van der Waals surface area (Å²) in [5.74, 6) is 0.379. The molecule has 0 aliphatic heterocycles. The molecule has 0 radical (unpaired) electrons. The van der Waals surface area contributed by atoms with Crippen molar-refractivity contribution in [1.29, 1.82) is 0 Å². The van der Waals surface area contributed by atoms with Gasteiger partial charge in [0.1, 0.15) is 0 Å². The Morgan fingerprint density at radius 2 is 1.85 bits per heavy atom. The van der Waals surface area contributed by atoms with Crippen LogP contribution in [0.1, 0.15) is 21.6 Å².